The third-order valence-corrected chi connectivity index (χ3v) is 13.4. The molecule has 0 bridgehead atoms. The molecular weight excluding hydrogens is 424 g/mol. The van der Waals surface area contributed by atoms with Crippen LogP contribution >= 0.6 is 0 Å². The van der Waals surface area contributed by atoms with Crippen molar-refractivity contribution in [3.8, 4) is 0 Å². The van der Waals surface area contributed by atoms with Gasteiger partial charge in [0.2, 0.25) is 0 Å². The van der Waals surface area contributed by atoms with Crippen molar-refractivity contribution >= 4 is 6.47 Å². The van der Waals surface area contributed by atoms with Gasteiger partial charge in [-0.05, 0) is 109 Å². The van der Waals surface area contributed by atoms with Gasteiger partial charge in [-0.3, -0.25) is 4.79 Å². The van der Waals surface area contributed by atoms with E-state index in [4.69, 9.17) is 4.74 Å². The summed E-state index contributed by atoms with van der Waals surface area (Å²) in [5.41, 5.74) is 0.0497. The van der Waals surface area contributed by atoms with Crippen LogP contribution in [0, 0.1) is 50.7 Å². The van der Waals surface area contributed by atoms with Crippen molar-refractivity contribution in [3.05, 3.63) is 0 Å². The van der Waals surface area contributed by atoms with Crippen molar-refractivity contribution in [1.82, 2.24) is 0 Å². The molecule has 5 saturated carbocycles. The highest BCUT2D eigenvalue weighted by atomic mass is 16.5. The molecule has 0 amide bonds. The van der Waals surface area contributed by atoms with E-state index in [2.05, 4.69) is 48.5 Å². The molecule has 34 heavy (non-hydrogen) atoms. The number of hydrogen-bond acceptors (Lipinski definition) is 4. The summed E-state index contributed by atoms with van der Waals surface area (Å²) < 4.78 is 6.00. The number of rotatable bonds is 2. The maximum Gasteiger partial charge on any atom is 0.293 e. The van der Waals surface area contributed by atoms with Gasteiger partial charge in [0.15, 0.2) is 0 Å². The lowest BCUT2D eigenvalue weighted by atomic mass is 9.32. The van der Waals surface area contributed by atoms with Crippen LogP contribution in [0.25, 0.3) is 0 Å². The third-order valence-electron chi connectivity index (χ3n) is 13.4. The molecule has 0 heterocycles. The van der Waals surface area contributed by atoms with Crippen molar-refractivity contribution < 1.29 is 19.7 Å². The first-order valence-corrected chi connectivity index (χ1v) is 14.1. The van der Waals surface area contributed by atoms with E-state index in [-0.39, 0.29) is 51.1 Å². The van der Waals surface area contributed by atoms with Crippen LogP contribution in [0.1, 0.15) is 113 Å². The highest BCUT2D eigenvalue weighted by Gasteiger charge is 2.72. The molecule has 4 nitrogen and oxygen atoms in total. The van der Waals surface area contributed by atoms with Crippen molar-refractivity contribution in [3.63, 3.8) is 0 Å². The molecule has 0 aromatic heterocycles. The van der Waals surface area contributed by atoms with E-state index < -0.39 is 5.60 Å². The van der Waals surface area contributed by atoms with Crippen LogP contribution in [0.5, 0.6) is 0 Å². The second kappa shape index (κ2) is 7.46. The molecular formula is C30H50O4. The van der Waals surface area contributed by atoms with E-state index in [0.717, 1.165) is 57.8 Å². The Morgan fingerprint density at radius 3 is 2.15 bits per heavy atom. The zero-order valence-electron chi connectivity index (χ0n) is 22.8. The predicted octanol–water partition coefficient (Wildman–Crippen LogP) is 6.13. The molecule has 5 aliphatic rings. The first kappa shape index (κ1) is 25.1. The highest BCUT2D eigenvalue weighted by molar-refractivity contribution is 5.39. The fourth-order valence-electron chi connectivity index (χ4n) is 11.3. The Morgan fingerprint density at radius 1 is 0.794 bits per heavy atom. The quantitative estimate of drug-likeness (QED) is 0.473. The Bertz CT molecular complexity index is 836. The van der Waals surface area contributed by atoms with Crippen LogP contribution in [0.3, 0.4) is 0 Å². The standard InChI is InChI=1S/C30H50O4/c1-25(2)12-14-30(34-18-31)15-13-29(7)24(19(30)17-25)20(32)16-22-27(5)10-9-23(33)26(3,4)21(27)8-11-28(22,29)6/h18-24,32-33H,8-17H2,1-7H3/t19-,20+,21-,22+,23-,24-,27-,28+,29+,30-/m0/s1. The molecule has 5 aliphatic carbocycles. The number of carbonyl (C=O) groups excluding carboxylic acids is 1. The first-order valence-electron chi connectivity index (χ1n) is 14.1. The number of fused-ring (bicyclic) bond motifs is 7. The molecule has 0 aromatic carbocycles. The number of ether oxygens (including phenoxy) is 1. The van der Waals surface area contributed by atoms with E-state index in [1.54, 1.807) is 0 Å². The normalized spacial score (nSPS) is 55.7. The van der Waals surface area contributed by atoms with Crippen molar-refractivity contribution in [2.45, 2.75) is 130 Å². The molecule has 0 unspecified atom stereocenters. The number of hydrogen-bond donors (Lipinski definition) is 2. The van der Waals surface area contributed by atoms with E-state index in [1.165, 1.54) is 6.42 Å². The molecule has 5 rings (SSSR count). The minimum Gasteiger partial charge on any atom is -0.461 e. The zero-order valence-corrected chi connectivity index (χ0v) is 22.8. The molecule has 4 heteroatoms. The monoisotopic (exact) mass is 474 g/mol. The minimum atomic E-state index is -0.399. The van der Waals surface area contributed by atoms with Gasteiger partial charge in [0.1, 0.15) is 5.60 Å². The van der Waals surface area contributed by atoms with Gasteiger partial charge in [0.05, 0.1) is 12.2 Å². The largest absolute Gasteiger partial charge is 0.461 e. The van der Waals surface area contributed by atoms with Crippen molar-refractivity contribution in [1.29, 1.82) is 0 Å². The Kier molecular flexibility index (Phi) is 5.50. The van der Waals surface area contributed by atoms with Gasteiger partial charge in [-0.2, -0.15) is 0 Å². The summed E-state index contributed by atoms with van der Waals surface area (Å²) in [7, 11) is 0. The Balaban J connectivity index is 1.57. The molecule has 194 valence electrons. The lowest BCUT2D eigenvalue weighted by Gasteiger charge is -2.74. The highest BCUT2D eigenvalue weighted by Crippen LogP contribution is 2.76. The van der Waals surface area contributed by atoms with Crippen LogP contribution in [0.15, 0.2) is 0 Å². The number of carbonyl (C=O) groups is 1. The third kappa shape index (κ3) is 3.06. The summed E-state index contributed by atoms with van der Waals surface area (Å²) in [5.74, 6) is 1.34. The predicted molar refractivity (Wildman–Crippen MR) is 134 cm³/mol. The lowest BCUT2D eigenvalue weighted by Crippen LogP contribution is -2.71. The van der Waals surface area contributed by atoms with Crippen LogP contribution in [0.2, 0.25) is 0 Å². The Labute approximate surface area is 207 Å². The molecule has 10 atom stereocenters. The van der Waals surface area contributed by atoms with Crippen molar-refractivity contribution in [2.75, 3.05) is 0 Å². The Morgan fingerprint density at radius 2 is 1.47 bits per heavy atom. The fourth-order valence-corrected chi connectivity index (χ4v) is 11.3. The average molecular weight is 475 g/mol. The van der Waals surface area contributed by atoms with Gasteiger partial charge in [-0.25, -0.2) is 0 Å². The van der Waals surface area contributed by atoms with Gasteiger partial charge in [0.25, 0.3) is 6.47 Å². The molecule has 0 aliphatic heterocycles. The summed E-state index contributed by atoms with van der Waals surface area (Å²) in [6.07, 6.45) is 9.52. The second-order valence-electron chi connectivity index (χ2n) is 15.4. The van der Waals surface area contributed by atoms with E-state index in [1.807, 2.05) is 0 Å². The smallest absolute Gasteiger partial charge is 0.293 e. The van der Waals surface area contributed by atoms with E-state index >= 15 is 0 Å². The maximum atomic E-state index is 12.0. The fraction of sp³-hybridized carbons (Fsp3) is 0.967. The number of aliphatic hydroxyl groups excluding tert-OH is 2. The molecule has 5 fully saturated rings. The van der Waals surface area contributed by atoms with Gasteiger partial charge >= 0.3 is 0 Å². The Hall–Kier alpha value is -0.610. The van der Waals surface area contributed by atoms with Crippen LogP contribution < -0.4 is 0 Å². The van der Waals surface area contributed by atoms with Crippen LogP contribution in [-0.4, -0.2) is 34.5 Å². The summed E-state index contributed by atoms with van der Waals surface area (Å²) >= 11 is 0. The summed E-state index contributed by atoms with van der Waals surface area (Å²) in [6.45, 7) is 17.5. The molecule has 0 radical (unpaired) electrons. The van der Waals surface area contributed by atoms with Crippen LogP contribution in [-0.2, 0) is 9.53 Å². The molecule has 0 saturated heterocycles. The SMILES string of the molecule is CC1(C)CC[C@]2(OC=O)CC[C@]3(C)[C@H]([C@H](O)C[C@@H]4[C@@]5(C)CC[C@H](O)C(C)(C)[C@@H]5CC[C@]43C)[C@@H]2C1. The van der Waals surface area contributed by atoms with E-state index in [0.29, 0.717) is 18.3 Å². The average Bonchev–Trinajstić information content (AvgIpc) is 2.74. The van der Waals surface area contributed by atoms with Crippen molar-refractivity contribution in [2.24, 2.45) is 50.7 Å². The summed E-state index contributed by atoms with van der Waals surface area (Å²) in [4.78, 5) is 11.7. The topological polar surface area (TPSA) is 66.8 Å². The lowest BCUT2D eigenvalue weighted by molar-refractivity contribution is -0.288. The zero-order chi connectivity index (χ0) is 24.9. The van der Waals surface area contributed by atoms with Crippen LogP contribution in [0.4, 0.5) is 0 Å². The van der Waals surface area contributed by atoms with E-state index in [9.17, 15) is 15.0 Å². The first-order chi connectivity index (χ1) is 15.7. The van der Waals surface area contributed by atoms with Gasteiger partial charge < -0.3 is 14.9 Å². The number of aliphatic hydroxyl groups is 2. The van der Waals surface area contributed by atoms with Gasteiger partial charge in [-0.15, -0.1) is 0 Å². The summed E-state index contributed by atoms with van der Waals surface area (Å²) in [5, 5.41) is 22.9. The van der Waals surface area contributed by atoms with Gasteiger partial charge in [0, 0.05) is 5.92 Å². The summed E-state index contributed by atoms with van der Waals surface area (Å²) in [6, 6.07) is 0. The van der Waals surface area contributed by atoms with Gasteiger partial charge in [-0.1, -0.05) is 48.5 Å². The minimum absolute atomic E-state index is 0.0251. The maximum absolute atomic E-state index is 12.0. The molecule has 0 aromatic rings. The molecule has 2 N–H and O–H groups in total. The second-order valence-corrected chi connectivity index (χ2v) is 15.4. The molecule has 0 spiro atoms.